The van der Waals surface area contributed by atoms with Gasteiger partial charge in [-0.25, -0.2) is 14.8 Å². The second-order valence-corrected chi connectivity index (χ2v) is 5.36. The summed E-state index contributed by atoms with van der Waals surface area (Å²) < 4.78 is 10.3. The Morgan fingerprint density at radius 1 is 1.19 bits per heavy atom. The fourth-order valence-electron chi connectivity index (χ4n) is 2.41. The first-order valence-electron chi connectivity index (χ1n) is 8.29. The van der Waals surface area contributed by atoms with Crippen molar-refractivity contribution in [3.05, 3.63) is 61.3 Å². The minimum Gasteiger partial charge on any atom is -0.497 e. The molecule has 0 saturated heterocycles. The molecule has 0 bridgehead atoms. The van der Waals surface area contributed by atoms with Gasteiger partial charge in [-0.05, 0) is 31.2 Å². The van der Waals surface area contributed by atoms with Gasteiger partial charge >= 0.3 is 5.97 Å². The van der Waals surface area contributed by atoms with Crippen LogP contribution in [0.15, 0.2) is 55.8 Å². The minimum absolute atomic E-state index is 0.279. The summed E-state index contributed by atoms with van der Waals surface area (Å²) in [5.74, 6) is 1.29. The molecule has 0 fully saturated rings. The molecule has 2 rings (SSSR count). The minimum atomic E-state index is -0.457. The van der Waals surface area contributed by atoms with E-state index in [-0.39, 0.29) is 6.61 Å². The summed E-state index contributed by atoms with van der Waals surface area (Å²) in [6.45, 7) is 10.6. The number of rotatable bonds is 9. The highest BCUT2D eigenvalue weighted by molar-refractivity contribution is 5.95. The van der Waals surface area contributed by atoms with Crippen LogP contribution >= 0.6 is 0 Å². The van der Waals surface area contributed by atoms with Gasteiger partial charge in [0.05, 0.1) is 13.7 Å². The van der Waals surface area contributed by atoms with Crippen LogP contribution in [0.2, 0.25) is 0 Å². The molecule has 0 saturated carbocycles. The van der Waals surface area contributed by atoms with E-state index in [4.69, 9.17) is 9.47 Å². The number of methoxy groups -OCH3 is 1. The molecule has 0 aliphatic rings. The maximum atomic E-state index is 12.3. The van der Waals surface area contributed by atoms with Crippen LogP contribution in [-0.2, 0) is 4.74 Å². The molecule has 0 unspecified atom stereocenters. The van der Waals surface area contributed by atoms with Crippen molar-refractivity contribution < 1.29 is 14.3 Å². The lowest BCUT2D eigenvalue weighted by Gasteiger charge is -2.23. The number of carbonyl (C=O) groups is 1. The Labute approximate surface area is 153 Å². The lowest BCUT2D eigenvalue weighted by molar-refractivity contribution is 0.0526. The molecular weight excluding hydrogens is 330 g/mol. The van der Waals surface area contributed by atoms with Crippen molar-refractivity contribution in [1.82, 2.24) is 9.97 Å². The Hall–Kier alpha value is -3.15. The van der Waals surface area contributed by atoms with Gasteiger partial charge in [0.15, 0.2) is 5.82 Å². The van der Waals surface area contributed by atoms with Gasteiger partial charge in [0.1, 0.15) is 17.1 Å². The van der Waals surface area contributed by atoms with Crippen LogP contribution in [0.5, 0.6) is 5.75 Å². The van der Waals surface area contributed by atoms with Crippen LogP contribution in [0.1, 0.15) is 17.3 Å². The number of aromatic nitrogens is 2. The number of esters is 1. The van der Waals surface area contributed by atoms with Crippen molar-refractivity contribution >= 4 is 11.8 Å². The van der Waals surface area contributed by atoms with E-state index in [1.165, 1.54) is 6.20 Å². The van der Waals surface area contributed by atoms with Crippen LogP contribution in [0.4, 0.5) is 5.82 Å². The van der Waals surface area contributed by atoms with Gasteiger partial charge in [-0.2, -0.15) is 0 Å². The van der Waals surface area contributed by atoms with Gasteiger partial charge in [0, 0.05) is 24.8 Å². The summed E-state index contributed by atoms with van der Waals surface area (Å²) in [7, 11) is 1.61. The number of nitrogens with zero attached hydrogens (tertiary/aromatic N) is 3. The van der Waals surface area contributed by atoms with Crippen molar-refractivity contribution in [3.8, 4) is 17.1 Å². The lowest BCUT2D eigenvalue weighted by atomic mass is 10.2. The van der Waals surface area contributed by atoms with E-state index in [0.29, 0.717) is 30.3 Å². The quantitative estimate of drug-likeness (QED) is 0.508. The Balaban J connectivity index is 2.51. The zero-order chi connectivity index (χ0) is 18.9. The molecule has 0 amide bonds. The molecular formula is C20H23N3O3. The van der Waals surface area contributed by atoms with Gasteiger partial charge in [0.25, 0.3) is 0 Å². The normalized spacial score (nSPS) is 10.1. The van der Waals surface area contributed by atoms with Gasteiger partial charge in [-0.3, -0.25) is 0 Å². The number of hydrogen-bond donors (Lipinski definition) is 0. The second-order valence-electron chi connectivity index (χ2n) is 5.36. The van der Waals surface area contributed by atoms with Crippen molar-refractivity contribution in [2.45, 2.75) is 6.92 Å². The molecule has 1 aromatic heterocycles. The highest BCUT2D eigenvalue weighted by Gasteiger charge is 2.20. The number of carbonyl (C=O) groups excluding carboxylic acids is 1. The fourth-order valence-corrected chi connectivity index (χ4v) is 2.41. The second kappa shape index (κ2) is 9.36. The monoisotopic (exact) mass is 353 g/mol. The molecule has 0 aliphatic heterocycles. The zero-order valence-corrected chi connectivity index (χ0v) is 15.1. The van der Waals surface area contributed by atoms with Crippen LogP contribution in [0, 0.1) is 0 Å². The number of benzene rings is 1. The highest BCUT2D eigenvalue weighted by atomic mass is 16.5. The molecule has 0 atom stereocenters. The SMILES string of the molecule is C=CCN(CC=C)c1nc(-c2ccc(OC)cc2)ncc1C(=O)OCC. The van der Waals surface area contributed by atoms with Crippen molar-refractivity contribution in [1.29, 1.82) is 0 Å². The third kappa shape index (κ3) is 4.47. The first-order chi connectivity index (χ1) is 12.6. The topological polar surface area (TPSA) is 64.5 Å². The molecule has 6 nitrogen and oxygen atoms in total. The molecule has 0 N–H and O–H groups in total. The summed E-state index contributed by atoms with van der Waals surface area (Å²) in [6.07, 6.45) is 4.99. The molecule has 1 aromatic carbocycles. The van der Waals surface area contributed by atoms with Crippen molar-refractivity contribution in [3.63, 3.8) is 0 Å². The van der Waals surface area contributed by atoms with E-state index in [0.717, 1.165) is 11.3 Å². The van der Waals surface area contributed by atoms with Gasteiger partial charge in [-0.15, -0.1) is 13.2 Å². The third-order valence-corrected chi connectivity index (χ3v) is 3.61. The van der Waals surface area contributed by atoms with E-state index in [1.54, 1.807) is 26.2 Å². The molecule has 136 valence electrons. The van der Waals surface area contributed by atoms with E-state index in [9.17, 15) is 4.79 Å². The third-order valence-electron chi connectivity index (χ3n) is 3.61. The van der Waals surface area contributed by atoms with Crippen LogP contribution in [0.3, 0.4) is 0 Å². The fraction of sp³-hybridized carbons (Fsp3) is 0.250. The summed E-state index contributed by atoms with van der Waals surface area (Å²) >= 11 is 0. The molecule has 0 spiro atoms. The zero-order valence-electron chi connectivity index (χ0n) is 15.1. The van der Waals surface area contributed by atoms with Crippen LogP contribution in [-0.4, -0.2) is 42.7 Å². The Morgan fingerprint density at radius 2 is 1.85 bits per heavy atom. The van der Waals surface area contributed by atoms with Crippen molar-refractivity contribution in [2.24, 2.45) is 0 Å². The first kappa shape index (κ1) is 19.2. The summed E-state index contributed by atoms with van der Waals surface area (Å²) in [5, 5.41) is 0. The van der Waals surface area contributed by atoms with Crippen LogP contribution in [0.25, 0.3) is 11.4 Å². The number of ether oxygens (including phenoxy) is 2. The lowest BCUT2D eigenvalue weighted by Crippen LogP contribution is -2.27. The van der Waals surface area contributed by atoms with Gasteiger partial charge in [0.2, 0.25) is 0 Å². The first-order valence-corrected chi connectivity index (χ1v) is 8.29. The van der Waals surface area contributed by atoms with E-state index < -0.39 is 5.97 Å². The van der Waals surface area contributed by atoms with E-state index >= 15 is 0 Å². The smallest absolute Gasteiger partial charge is 0.343 e. The molecule has 6 heteroatoms. The summed E-state index contributed by atoms with van der Waals surface area (Å²) in [6, 6.07) is 7.41. The molecule has 0 aliphatic carbocycles. The predicted octanol–water partition coefficient (Wildman–Crippen LogP) is 3.51. The maximum Gasteiger partial charge on any atom is 0.343 e. The average molecular weight is 353 g/mol. The Bertz CT molecular complexity index is 762. The summed E-state index contributed by atoms with van der Waals surface area (Å²) in [4.78, 5) is 23.2. The number of anilines is 1. The molecule has 26 heavy (non-hydrogen) atoms. The van der Waals surface area contributed by atoms with E-state index in [2.05, 4.69) is 23.1 Å². The van der Waals surface area contributed by atoms with Crippen molar-refractivity contribution in [2.75, 3.05) is 31.7 Å². The van der Waals surface area contributed by atoms with Gasteiger partial charge < -0.3 is 14.4 Å². The summed E-state index contributed by atoms with van der Waals surface area (Å²) in [5.41, 5.74) is 1.13. The molecule has 0 radical (unpaired) electrons. The Morgan fingerprint density at radius 3 is 2.38 bits per heavy atom. The standard InChI is InChI=1S/C20H23N3O3/c1-5-12-23(13-6-2)19-17(20(24)26-7-3)14-21-18(22-19)15-8-10-16(25-4)11-9-15/h5-6,8-11,14H,1-2,7,12-13H2,3-4H3. The highest BCUT2D eigenvalue weighted by Crippen LogP contribution is 2.24. The molecule has 2 aromatic rings. The Kier molecular flexibility index (Phi) is 6.91. The molecule has 1 heterocycles. The number of hydrogen-bond acceptors (Lipinski definition) is 6. The largest absolute Gasteiger partial charge is 0.497 e. The average Bonchev–Trinajstić information content (AvgIpc) is 2.67. The predicted molar refractivity (Wildman–Crippen MR) is 103 cm³/mol. The maximum absolute atomic E-state index is 12.3. The van der Waals surface area contributed by atoms with Gasteiger partial charge in [-0.1, -0.05) is 12.2 Å². The van der Waals surface area contributed by atoms with E-state index in [1.807, 2.05) is 29.2 Å². The van der Waals surface area contributed by atoms with Crippen LogP contribution < -0.4 is 9.64 Å².